The average molecular weight is 297 g/mol. The molecular formula is C15H9N2O3S-. The number of carboxylic acid groups (broad SMARTS) is 1. The van der Waals surface area contributed by atoms with Gasteiger partial charge in [0.15, 0.2) is 0 Å². The Hall–Kier alpha value is -2.73. The maximum atomic E-state index is 12.1. The molecule has 1 aromatic heterocycles. The highest BCUT2D eigenvalue weighted by Crippen LogP contribution is 2.41. The Morgan fingerprint density at radius 1 is 1.05 bits per heavy atom. The summed E-state index contributed by atoms with van der Waals surface area (Å²) in [7, 11) is 0. The Labute approximate surface area is 123 Å². The summed E-state index contributed by atoms with van der Waals surface area (Å²) in [4.78, 5) is 10.7. The number of carboxylic acids is 1. The molecule has 2 aromatic carbocycles. The Bertz CT molecular complexity index is 838. The summed E-state index contributed by atoms with van der Waals surface area (Å²) in [6.07, 6.45) is 0. The first kappa shape index (κ1) is 13.3. The van der Waals surface area contributed by atoms with Gasteiger partial charge in [-0.3, -0.25) is 0 Å². The lowest BCUT2D eigenvalue weighted by Gasteiger charge is -2.02. The van der Waals surface area contributed by atoms with E-state index in [0.29, 0.717) is 16.1 Å². The average Bonchev–Trinajstić information content (AvgIpc) is 2.82. The molecule has 0 radical (unpaired) electrons. The normalized spacial score (nSPS) is 11.2. The lowest BCUT2D eigenvalue weighted by atomic mass is 10.2. The van der Waals surface area contributed by atoms with Crippen LogP contribution in [0.25, 0.3) is 10.1 Å². The maximum absolute atomic E-state index is 12.1. The van der Waals surface area contributed by atoms with Crippen LogP contribution in [-0.2, 0) is 0 Å². The van der Waals surface area contributed by atoms with Crippen LogP contribution in [-0.4, -0.2) is 11.1 Å². The monoisotopic (exact) mass is 297 g/mol. The van der Waals surface area contributed by atoms with Crippen LogP contribution in [0.5, 0.6) is 5.75 Å². The maximum Gasteiger partial charge on any atom is 0.335 e. The van der Waals surface area contributed by atoms with Gasteiger partial charge in [0.05, 0.1) is 11.3 Å². The molecule has 0 unspecified atom stereocenters. The van der Waals surface area contributed by atoms with Crippen molar-refractivity contribution >= 4 is 38.1 Å². The Morgan fingerprint density at radius 3 is 2.43 bits per heavy atom. The molecule has 0 saturated carbocycles. The molecule has 5 nitrogen and oxygen atoms in total. The highest BCUT2D eigenvalue weighted by Gasteiger charge is 2.04. The van der Waals surface area contributed by atoms with Crippen molar-refractivity contribution in [2.45, 2.75) is 0 Å². The minimum atomic E-state index is -0.996. The van der Waals surface area contributed by atoms with E-state index in [-0.39, 0.29) is 11.3 Å². The Kier molecular flexibility index (Phi) is 3.37. The van der Waals surface area contributed by atoms with Crippen LogP contribution in [0.15, 0.2) is 58.8 Å². The summed E-state index contributed by atoms with van der Waals surface area (Å²) in [5, 5.41) is 29.8. The van der Waals surface area contributed by atoms with E-state index in [1.165, 1.54) is 23.5 Å². The van der Waals surface area contributed by atoms with E-state index in [9.17, 15) is 9.90 Å². The molecule has 21 heavy (non-hydrogen) atoms. The van der Waals surface area contributed by atoms with E-state index in [4.69, 9.17) is 5.11 Å². The second-order valence-corrected chi connectivity index (χ2v) is 5.32. The minimum Gasteiger partial charge on any atom is -0.870 e. The van der Waals surface area contributed by atoms with E-state index >= 15 is 0 Å². The molecule has 0 bridgehead atoms. The van der Waals surface area contributed by atoms with Gasteiger partial charge in [0.1, 0.15) is 5.00 Å². The molecule has 0 atom stereocenters. The van der Waals surface area contributed by atoms with Crippen LogP contribution in [0, 0.1) is 0 Å². The van der Waals surface area contributed by atoms with Crippen LogP contribution in [0.1, 0.15) is 10.4 Å². The van der Waals surface area contributed by atoms with Gasteiger partial charge in [-0.15, -0.1) is 21.6 Å². The van der Waals surface area contributed by atoms with E-state index in [2.05, 4.69) is 10.2 Å². The summed E-state index contributed by atoms with van der Waals surface area (Å²) in [5.74, 6) is -1.13. The van der Waals surface area contributed by atoms with Gasteiger partial charge in [-0.25, -0.2) is 4.79 Å². The first-order valence-electron chi connectivity index (χ1n) is 6.09. The molecule has 0 amide bonds. The van der Waals surface area contributed by atoms with E-state index in [0.717, 1.165) is 4.70 Å². The molecule has 0 aliphatic rings. The van der Waals surface area contributed by atoms with E-state index < -0.39 is 5.97 Å². The molecule has 104 valence electrons. The third kappa shape index (κ3) is 2.61. The number of hydrogen-bond donors (Lipinski definition) is 1. The van der Waals surface area contributed by atoms with Gasteiger partial charge in [-0.1, -0.05) is 23.9 Å². The molecule has 3 rings (SSSR count). The van der Waals surface area contributed by atoms with Gasteiger partial charge >= 0.3 is 5.97 Å². The van der Waals surface area contributed by atoms with Crippen molar-refractivity contribution in [3.05, 3.63) is 54.1 Å². The summed E-state index contributed by atoms with van der Waals surface area (Å²) in [6, 6.07) is 13.3. The van der Waals surface area contributed by atoms with Gasteiger partial charge in [-0.05, 0) is 35.7 Å². The van der Waals surface area contributed by atoms with E-state index in [1.807, 2.05) is 18.2 Å². The predicted octanol–water partition coefficient (Wildman–Crippen LogP) is 4.09. The molecule has 0 saturated heterocycles. The largest absolute Gasteiger partial charge is 0.870 e. The van der Waals surface area contributed by atoms with Crippen molar-refractivity contribution in [2.75, 3.05) is 0 Å². The lowest BCUT2D eigenvalue weighted by molar-refractivity contribution is -0.264. The zero-order valence-corrected chi connectivity index (χ0v) is 11.5. The van der Waals surface area contributed by atoms with Crippen molar-refractivity contribution in [1.29, 1.82) is 0 Å². The minimum absolute atomic E-state index is 0.137. The zero-order chi connectivity index (χ0) is 14.8. The number of nitrogens with zero attached hydrogens (tertiary/aromatic N) is 2. The molecule has 0 aliphatic heterocycles. The SMILES string of the molecule is O=C(O)c1ccc(N=Nc2sc3ccccc3c2[O-])cc1. The smallest absolute Gasteiger partial charge is 0.335 e. The standard InChI is InChI=1S/C15H10N2O3S/c18-13-11-3-1-2-4-12(11)21-14(13)17-16-10-7-5-9(6-8-10)15(19)20/h1-8,18H,(H,19,20)/p-1. The number of thiophene rings is 1. The summed E-state index contributed by atoms with van der Waals surface area (Å²) >= 11 is 1.28. The number of rotatable bonds is 3. The number of benzene rings is 2. The quantitative estimate of drug-likeness (QED) is 0.739. The third-order valence-corrected chi connectivity index (χ3v) is 3.94. The van der Waals surface area contributed by atoms with Crippen molar-refractivity contribution < 1.29 is 15.0 Å². The number of hydrogen-bond acceptors (Lipinski definition) is 5. The zero-order valence-electron chi connectivity index (χ0n) is 10.7. The topological polar surface area (TPSA) is 85.1 Å². The molecule has 6 heteroatoms. The van der Waals surface area contributed by atoms with Gasteiger partial charge in [0.2, 0.25) is 0 Å². The molecule has 0 fully saturated rings. The fourth-order valence-electron chi connectivity index (χ4n) is 1.85. The van der Waals surface area contributed by atoms with Crippen LogP contribution in [0.4, 0.5) is 10.7 Å². The van der Waals surface area contributed by atoms with Crippen LogP contribution in [0.3, 0.4) is 0 Å². The summed E-state index contributed by atoms with van der Waals surface area (Å²) in [6.45, 7) is 0. The number of carbonyl (C=O) groups is 1. The number of aromatic carboxylic acids is 1. The fourth-order valence-corrected chi connectivity index (χ4v) is 2.76. The highest BCUT2D eigenvalue weighted by molar-refractivity contribution is 7.23. The highest BCUT2D eigenvalue weighted by atomic mass is 32.1. The Morgan fingerprint density at radius 2 is 1.76 bits per heavy atom. The van der Waals surface area contributed by atoms with Crippen molar-refractivity contribution in [3.8, 4) is 5.75 Å². The first-order chi connectivity index (χ1) is 10.1. The fraction of sp³-hybridized carbons (Fsp3) is 0. The third-order valence-electron chi connectivity index (χ3n) is 2.90. The van der Waals surface area contributed by atoms with Gasteiger partial charge in [-0.2, -0.15) is 0 Å². The molecular weight excluding hydrogens is 288 g/mol. The van der Waals surface area contributed by atoms with Gasteiger partial charge in [0.25, 0.3) is 0 Å². The second-order valence-electron chi connectivity index (χ2n) is 4.28. The molecule has 0 spiro atoms. The molecule has 0 aliphatic carbocycles. The second kappa shape index (κ2) is 5.34. The van der Waals surface area contributed by atoms with E-state index in [1.54, 1.807) is 18.2 Å². The number of fused-ring (bicyclic) bond motifs is 1. The predicted molar refractivity (Wildman–Crippen MR) is 78.8 cm³/mol. The summed E-state index contributed by atoms with van der Waals surface area (Å²) in [5.41, 5.74) is 0.678. The van der Waals surface area contributed by atoms with Crippen molar-refractivity contribution in [2.24, 2.45) is 10.2 Å². The summed E-state index contributed by atoms with van der Waals surface area (Å²) < 4.78 is 0.873. The van der Waals surface area contributed by atoms with Gasteiger partial charge < -0.3 is 10.2 Å². The number of azo groups is 1. The van der Waals surface area contributed by atoms with Crippen LogP contribution < -0.4 is 5.11 Å². The van der Waals surface area contributed by atoms with Gasteiger partial charge in [0, 0.05) is 4.70 Å². The first-order valence-corrected chi connectivity index (χ1v) is 6.90. The Balaban J connectivity index is 1.90. The van der Waals surface area contributed by atoms with Crippen LogP contribution >= 0.6 is 11.3 Å². The van der Waals surface area contributed by atoms with Crippen LogP contribution in [0.2, 0.25) is 0 Å². The van der Waals surface area contributed by atoms with Crippen molar-refractivity contribution in [3.63, 3.8) is 0 Å². The lowest BCUT2D eigenvalue weighted by Crippen LogP contribution is -1.93. The van der Waals surface area contributed by atoms with Crippen molar-refractivity contribution in [1.82, 2.24) is 0 Å². The molecule has 1 N–H and O–H groups in total. The molecule has 3 aromatic rings. The molecule has 1 heterocycles.